The molecule has 0 saturated carbocycles. The minimum atomic E-state index is -0.388. The smallest absolute Gasteiger partial charge is 0.326 e. The first kappa shape index (κ1) is 13.2. The second kappa shape index (κ2) is 5.29. The Morgan fingerprint density at radius 2 is 2.40 bits per heavy atom. The van der Waals surface area contributed by atoms with Crippen LogP contribution in [0.25, 0.3) is 10.2 Å². The molecule has 0 spiro atoms. The van der Waals surface area contributed by atoms with Crippen molar-refractivity contribution in [2.24, 2.45) is 0 Å². The Bertz CT molecular complexity index is 644. The van der Waals surface area contributed by atoms with Gasteiger partial charge in [0.15, 0.2) is 0 Å². The van der Waals surface area contributed by atoms with Crippen molar-refractivity contribution < 1.29 is 4.92 Å². The van der Waals surface area contributed by atoms with Crippen LogP contribution in [0.4, 0.5) is 10.8 Å². The Balaban J connectivity index is 1.92. The van der Waals surface area contributed by atoms with E-state index in [-0.39, 0.29) is 16.0 Å². The van der Waals surface area contributed by atoms with Crippen molar-refractivity contribution in [3.05, 3.63) is 22.5 Å². The van der Waals surface area contributed by atoms with Crippen LogP contribution in [-0.2, 0) is 0 Å². The molecule has 7 nitrogen and oxygen atoms in total. The molecular formula is C12H15N5O2S. The van der Waals surface area contributed by atoms with Crippen molar-refractivity contribution in [3.8, 4) is 0 Å². The zero-order valence-electron chi connectivity index (χ0n) is 11.0. The Labute approximate surface area is 119 Å². The third-order valence-corrected chi connectivity index (χ3v) is 4.57. The van der Waals surface area contributed by atoms with Crippen LogP contribution in [0, 0.1) is 10.1 Å². The zero-order valence-corrected chi connectivity index (χ0v) is 11.8. The molecule has 0 aromatic carbocycles. The van der Waals surface area contributed by atoms with Gasteiger partial charge < -0.3 is 10.6 Å². The fourth-order valence-electron chi connectivity index (χ4n) is 2.46. The number of aromatic nitrogens is 2. The van der Waals surface area contributed by atoms with Gasteiger partial charge in [0.05, 0.1) is 10.3 Å². The van der Waals surface area contributed by atoms with E-state index in [2.05, 4.69) is 27.5 Å². The van der Waals surface area contributed by atoms with E-state index in [0.717, 1.165) is 36.1 Å². The highest BCUT2D eigenvalue weighted by Gasteiger charge is 2.23. The second-order valence-corrected chi connectivity index (χ2v) is 5.93. The molecule has 3 rings (SSSR count). The minimum absolute atomic E-state index is 0.0957. The largest absolute Gasteiger partial charge is 0.365 e. The predicted octanol–water partition coefficient (Wildman–Crippen LogP) is 2.15. The number of rotatable bonds is 3. The molecule has 2 atom stereocenters. The van der Waals surface area contributed by atoms with Gasteiger partial charge in [-0.3, -0.25) is 10.1 Å². The van der Waals surface area contributed by atoms with Gasteiger partial charge in [0.25, 0.3) is 0 Å². The number of anilines is 1. The van der Waals surface area contributed by atoms with E-state index in [1.165, 1.54) is 6.33 Å². The maximum absolute atomic E-state index is 10.9. The summed E-state index contributed by atoms with van der Waals surface area (Å²) < 4.78 is 0. The third-order valence-electron chi connectivity index (χ3n) is 3.58. The molecular weight excluding hydrogens is 278 g/mol. The first-order valence-electron chi connectivity index (χ1n) is 6.54. The molecule has 1 saturated heterocycles. The molecule has 1 aliphatic rings. The lowest BCUT2D eigenvalue weighted by Crippen LogP contribution is -2.46. The lowest BCUT2D eigenvalue weighted by Gasteiger charge is -2.31. The molecule has 1 aliphatic heterocycles. The molecule has 8 heteroatoms. The van der Waals surface area contributed by atoms with Crippen LogP contribution in [-0.4, -0.2) is 33.5 Å². The number of hydrogen-bond acceptors (Lipinski definition) is 7. The summed E-state index contributed by atoms with van der Waals surface area (Å²) in [7, 11) is 0. The highest BCUT2D eigenvalue weighted by molar-refractivity contribution is 7.21. The average Bonchev–Trinajstić information content (AvgIpc) is 2.86. The standard InChI is InChI=1S/C12H15N5O2S/c1-7-9(3-2-4-13-7)16-11-8-5-10(17(18)19)20-12(8)15-6-14-11/h5-7,9,13H,2-4H2,1H3,(H,14,15,16). The van der Waals surface area contributed by atoms with Gasteiger partial charge in [-0.25, -0.2) is 9.97 Å². The van der Waals surface area contributed by atoms with Crippen molar-refractivity contribution >= 4 is 32.4 Å². The van der Waals surface area contributed by atoms with Crippen molar-refractivity contribution in [1.29, 1.82) is 0 Å². The molecule has 1 fully saturated rings. The SMILES string of the molecule is CC1NCCCC1Nc1ncnc2sc([N+](=O)[O-])cc12. The fraction of sp³-hybridized carbons (Fsp3) is 0.500. The van der Waals surface area contributed by atoms with E-state index in [9.17, 15) is 10.1 Å². The average molecular weight is 293 g/mol. The summed E-state index contributed by atoms with van der Waals surface area (Å²) in [5.74, 6) is 0.680. The summed E-state index contributed by atoms with van der Waals surface area (Å²) in [4.78, 5) is 19.5. The Kier molecular flexibility index (Phi) is 3.49. The highest BCUT2D eigenvalue weighted by Crippen LogP contribution is 2.33. The molecule has 0 bridgehead atoms. The molecule has 106 valence electrons. The van der Waals surface area contributed by atoms with Crippen molar-refractivity contribution in [1.82, 2.24) is 15.3 Å². The number of fused-ring (bicyclic) bond motifs is 1. The van der Waals surface area contributed by atoms with Gasteiger partial charge >= 0.3 is 5.00 Å². The number of nitro groups is 1. The van der Waals surface area contributed by atoms with Gasteiger partial charge in [-0.15, -0.1) is 0 Å². The van der Waals surface area contributed by atoms with E-state index in [0.29, 0.717) is 16.7 Å². The van der Waals surface area contributed by atoms with Crippen LogP contribution >= 0.6 is 11.3 Å². The van der Waals surface area contributed by atoms with Crippen LogP contribution in [0.15, 0.2) is 12.4 Å². The monoisotopic (exact) mass is 293 g/mol. The summed E-state index contributed by atoms with van der Waals surface area (Å²) in [6.45, 7) is 3.16. The summed E-state index contributed by atoms with van der Waals surface area (Å²) in [6, 6.07) is 2.17. The maximum atomic E-state index is 10.9. The summed E-state index contributed by atoms with van der Waals surface area (Å²) in [5, 5.41) is 18.5. The van der Waals surface area contributed by atoms with Gasteiger partial charge in [0, 0.05) is 18.2 Å². The predicted molar refractivity (Wildman–Crippen MR) is 78.2 cm³/mol. The van der Waals surface area contributed by atoms with Crippen LogP contribution in [0.1, 0.15) is 19.8 Å². The van der Waals surface area contributed by atoms with Gasteiger partial charge in [-0.2, -0.15) is 0 Å². The quantitative estimate of drug-likeness (QED) is 0.665. The highest BCUT2D eigenvalue weighted by atomic mass is 32.1. The van der Waals surface area contributed by atoms with Crippen LogP contribution < -0.4 is 10.6 Å². The number of thiophene rings is 1. The molecule has 2 aromatic rings. The summed E-state index contributed by atoms with van der Waals surface area (Å²) in [6.07, 6.45) is 3.62. The van der Waals surface area contributed by atoms with Crippen molar-refractivity contribution in [2.45, 2.75) is 31.8 Å². The molecule has 0 aliphatic carbocycles. The van der Waals surface area contributed by atoms with Gasteiger partial charge in [-0.1, -0.05) is 0 Å². The lowest BCUT2D eigenvalue weighted by molar-refractivity contribution is -0.380. The fourth-order valence-corrected chi connectivity index (χ4v) is 3.28. The van der Waals surface area contributed by atoms with E-state index in [1.807, 2.05) is 0 Å². The summed E-state index contributed by atoms with van der Waals surface area (Å²) in [5.41, 5.74) is 0. The van der Waals surface area contributed by atoms with E-state index in [4.69, 9.17) is 0 Å². The third kappa shape index (κ3) is 2.44. The van der Waals surface area contributed by atoms with Gasteiger partial charge in [-0.05, 0) is 37.6 Å². The van der Waals surface area contributed by atoms with Crippen molar-refractivity contribution in [2.75, 3.05) is 11.9 Å². The number of nitrogens with zero attached hydrogens (tertiary/aromatic N) is 3. The maximum Gasteiger partial charge on any atom is 0.326 e. The number of nitrogens with one attached hydrogen (secondary N) is 2. The van der Waals surface area contributed by atoms with E-state index >= 15 is 0 Å². The number of hydrogen-bond donors (Lipinski definition) is 2. The van der Waals surface area contributed by atoms with Crippen LogP contribution in [0.2, 0.25) is 0 Å². The molecule has 0 amide bonds. The first-order valence-corrected chi connectivity index (χ1v) is 7.35. The van der Waals surface area contributed by atoms with Crippen molar-refractivity contribution in [3.63, 3.8) is 0 Å². The molecule has 2 N–H and O–H groups in total. The zero-order chi connectivity index (χ0) is 14.1. The molecule has 20 heavy (non-hydrogen) atoms. The molecule has 2 aromatic heterocycles. The lowest BCUT2D eigenvalue weighted by atomic mass is 10.00. The second-order valence-electron chi connectivity index (χ2n) is 4.92. The first-order chi connectivity index (χ1) is 9.65. The van der Waals surface area contributed by atoms with E-state index < -0.39 is 0 Å². The Morgan fingerprint density at radius 1 is 1.55 bits per heavy atom. The topological polar surface area (TPSA) is 93.0 Å². The van der Waals surface area contributed by atoms with Crippen LogP contribution in [0.3, 0.4) is 0 Å². The van der Waals surface area contributed by atoms with E-state index in [1.54, 1.807) is 6.07 Å². The molecule has 3 heterocycles. The number of piperidine rings is 1. The molecule has 2 unspecified atom stereocenters. The molecule has 0 radical (unpaired) electrons. The van der Waals surface area contributed by atoms with Gasteiger partial charge in [0.1, 0.15) is 17.0 Å². The van der Waals surface area contributed by atoms with Crippen LogP contribution in [0.5, 0.6) is 0 Å². The Hall–Kier alpha value is -1.80. The minimum Gasteiger partial charge on any atom is -0.365 e. The van der Waals surface area contributed by atoms with Gasteiger partial charge in [0.2, 0.25) is 0 Å². The normalized spacial score (nSPS) is 22.9. The summed E-state index contributed by atoms with van der Waals surface area (Å²) >= 11 is 1.08. The Morgan fingerprint density at radius 3 is 3.15 bits per heavy atom.